The second kappa shape index (κ2) is 6.28. The van der Waals surface area contributed by atoms with Gasteiger partial charge in [0.05, 0.1) is 0 Å². The predicted molar refractivity (Wildman–Crippen MR) is 55.2 cm³/mol. The van der Waals surface area contributed by atoms with E-state index in [-0.39, 0.29) is 0 Å². The summed E-state index contributed by atoms with van der Waals surface area (Å²) in [5.74, 6) is 0.916. The zero-order chi connectivity index (χ0) is 8.65. The van der Waals surface area contributed by atoms with E-state index in [0.29, 0.717) is 0 Å². The lowest BCUT2D eigenvalue weighted by molar-refractivity contribution is 0.557. The van der Waals surface area contributed by atoms with E-state index < -0.39 is 0 Å². The van der Waals surface area contributed by atoms with E-state index in [0.717, 1.165) is 5.92 Å². The predicted octanol–water partition coefficient (Wildman–Crippen LogP) is 4.31. The van der Waals surface area contributed by atoms with Crippen LogP contribution < -0.4 is 0 Å². The van der Waals surface area contributed by atoms with Crippen LogP contribution in [0.25, 0.3) is 0 Å². The SMILES string of the molecule is CCC/C=C/C1CCCCCC1. The van der Waals surface area contributed by atoms with Crippen LogP contribution >= 0.6 is 0 Å². The Kier molecular flexibility index (Phi) is 5.14. The third-order valence-corrected chi connectivity index (χ3v) is 2.76. The summed E-state index contributed by atoms with van der Waals surface area (Å²) in [6.45, 7) is 2.25. The Morgan fingerprint density at radius 3 is 2.33 bits per heavy atom. The fourth-order valence-electron chi connectivity index (χ4n) is 1.96. The Morgan fingerprint density at radius 1 is 1.08 bits per heavy atom. The van der Waals surface area contributed by atoms with Gasteiger partial charge in [-0.2, -0.15) is 0 Å². The van der Waals surface area contributed by atoms with Gasteiger partial charge in [0.2, 0.25) is 0 Å². The van der Waals surface area contributed by atoms with Crippen LogP contribution in [0.5, 0.6) is 0 Å². The average molecular weight is 166 g/mol. The molecule has 0 aromatic heterocycles. The van der Waals surface area contributed by atoms with Gasteiger partial charge in [-0.1, -0.05) is 51.2 Å². The molecule has 0 amide bonds. The molecule has 0 aliphatic heterocycles. The second-order valence-corrected chi connectivity index (χ2v) is 3.97. The van der Waals surface area contributed by atoms with E-state index in [4.69, 9.17) is 0 Å². The van der Waals surface area contributed by atoms with Crippen LogP contribution in [-0.4, -0.2) is 0 Å². The molecule has 0 atom stereocenters. The molecular weight excluding hydrogens is 144 g/mol. The van der Waals surface area contributed by atoms with Crippen molar-refractivity contribution >= 4 is 0 Å². The van der Waals surface area contributed by atoms with Crippen molar-refractivity contribution in [3.63, 3.8) is 0 Å². The first-order valence-corrected chi connectivity index (χ1v) is 5.60. The van der Waals surface area contributed by atoms with Crippen molar-refractivity contribution in [1.29, 1.82) is 0 Å². The van der Waals surface area contributed by atoms with Crippen LogP contribution in [0.4, 0.5) is 0 Å². The van der Waals surface area contributed by atoms with E-state index in [1.807, 2.05) is 0 Å². The summed E-state index contributed by atoms with van der Waals surface area (Å²) in [6.07, 6.45) is 16.2. The molecule has 1 saturated carbocycles. The molecule has 1 fully saturated rings. The molecule has 70 valence electrons. The molecule has 0 unspecified atom stereocenters. The first kappa shape index (κ1) is 9.83. The summed E-state index contributed by atoms with van der Waals surface area (Å²) in [5, 5.41) is 0. The van der Waals surface area contributed by atoms with Crippen LogP contribution in [0, 0.1) is 5.92 Å². The van der Waals surface area contributed by atoms with Gasteiger partial charge in [0.1, 0.15) is 0 Å². The number of unbranched alkanes of at least 4 members (excludes halogenated alkanes) is 1. The first-order valence-electron chi connectivity index (χ1n) is 5.60. The van der Waals surface area contributed by atoms with Gasteiger partial charge in [-0.15, -0.1) is 0 Å². The average Bonchev–Trinajstić information content (AvgIpc) is 2.33. The highest BCUT2D eigenvalue weighted by molar-refractivity contribution is 4.88. The number of allylic oxidation sites excluding steroid dienone is 2. The Morgan fingerprint density at radius 2 is 1.75 bits per heavy atom. The number of hydrogen-bond donors (Lipinski definition) is 0. The Hall–Kier alpha value is -0.260. The highest BCUT2D eigenvalue weighted by Crippen LogP contribution is 2.23. The van der Waals surface area contributed by atoms with Crippen LogP contribution in [0.15, 0.2) is 12.2 Å². The molecule has 0 heteroatoms. The quantitative estimate of drug-likeness (QED) is 0.433. The van der Waals surface area contributed by atoms with Gasteiger partial charge in [-0.25, -0.2) is 0 Å². The molecular formula is C12H22. The van der Waals surface area contributed by atoms with Crippen molar-refractivity contribution in [3.05, 3.63) is 12.2 Å². The van der Waals surface area contributed by atoms with Crippen molar-refractivity contribution in [2.24, 2.45) is 5.92 Å². The molecule has 0 aromatic rings. The molecule has 1 rings (SSSR count). The van der Waals surface area contributed by atoms with E-state index in [2.05, 4.69) is 19.1 Å². The third-order valence-electron chi connectivity index (χ3n) is 2.76. The first-order chi connectivity index (χ1) is 5.93. The van der Waals surface area contributed by atoms with Crippen LogP contribution in [0.3, 0.4) is 0 Å². The molecule has 0 N–H and O–H groups in total. The second-order valence-electron chi connectivity index (χ2n) is 3.97. The summed E-state index contributed by atoms with van der Waals surface area (Å²) >= 11 is 0. The van der Waals surface area contributed by atoms with Gasteiger partial charge in [-0.3, -0.25) is 0 Å². The van der Waals surface area contributed by atoms with E-state index >= 15 is 0 Å². The minimum absolute atomic E-state index is 0.916. The van der Waals surface area contributed by atoms with Crippen molar-refractivity contribution in [2.75, 3.05) is 0 Å². The topological polar surface area (TPSA) is 0 Å². The summed E-state index contributed by atoms with van der Waals surface area (Å²) in [5.41, 5.74) is 0. The molecule has 0 nitrogen and oxygen atoms in total. The lowest BCUT2D eigenvalue weighted by Gasteiger charge is -2.06. The van der Waals surface area contributed by atoms with Crippen molar-refractivity contribution in [3.8, 4) is 0 Å². The number of hydrogen-bond acceptors (Lipinski definition) is 0. The Labute approximate surface area is 77.1 Å². The fraction of sp³-hybridized carbons (Fsp3) is 0.833. The largest absolute Gasteiger partial charge is 0.0883 e. The van der Waals surface area contributed by atoms with Crippen LogP contribution in [0.2, 0.25) is 0 Å². The van der Waals surface area contributed by atoms with Crippen molar-refractivity contribution in [1.82, 2.24) is 0 Å². The monoisotopic (exact) mass is 166 g/mol. The lowest BCUT2D eigenvalue weighted by atomic mass is 9.99. The van der Waals surface area contributed by atoms with E-state index in [9.17, 15) is 0 Å². The molecule has 1 aliphatic carbocycles. The summed E-state index contributed by atoms with van der Waals surface area (Å²) in [6, 6.07) is 0. The highest BCUT2D eigenvalue weighted by atomic mass is 14.1. The maximum absolute atomic E-state index is 2.47. The maximum atomic E-state index is 2.47. The molecule has 1 aliphatic rings. The maximum Gasteiger partial charge on any atom is -0.0234 e. The zero-order valence-electron chi connectivity index (χ0n) is 8.39. The molecule has 0 heterocycles. The van der Waals surface area contributed by atoms with Gasteiger partial charge >= 0.3 is 0 Å². The summed E-state index contributed by atoms with van der Waals surface area (Å²) in [4.78, 5) is 0. The summed E-state index contributed by atoms with van der Waals surface area (Å²) < 4.78 is 0. The van der Waals surface area contributed by atoms with Crippen LogP contribution in [0.1, 0.15) is 58.3 Å². The Bertz CT molecular complexity index is 116. The fourth-order valence-corrected chi connectivity index (χ4v) is 1.96. The molecule has 0 radical (unpaired) electrons. The van der Waals surface area contributed by atoms with Gasteiger partial charge < -0.3 is 0 Å². The highest BCUT2D eigenvalue weighted by Gasteiger charge is 2.07. The Balaban J connectivity index is 2.19. The molecule has 0 spiro atoms. The zero-order valence-corrected chi connectivity index (χ0v) is 8.39. The van der Waals surface area contributed by atoms with Gasteiger partial charge in [-0.05, 0) is 25.2 Å². The molecule has 0 bridgehead atoms. The smallest absolute Gasteiger partial charge is 0.0234 e. The van der Waals surface area contributed by atoms with E-state index in [1.54, 1.807) is 0 Å². The van der Waals surface area contributed by atoms with Gasteiger partial charge in [0.25, 0.3) is 0 Å². The molecule has 0 aromatic carbocycles. The minimum Gasteiger partial charge on any atom is -0.0883 e. The van der Waals surface area contributed by atoms with Gasteiger partial charge in [0, 0.05) is 0 Å². The molecule has 0 saturated heterocycles. The van der Waals surface area contributed by atoms with E-state index in [1.165, 1.54) is 51.4 Å². The van der Waals surface area contributed by atoms with Gasteiger partial charge in [0.15, 0.2) is 0 Å². The standard InChI is InChI=1S/C12H22/c1-2-3-6-9-12-10-7-4-5-8-11-12/h6,9,12H,2-5,7-8,10-11H2,1H3/b9-6+. The van der Waals surface area contributed by atoms with Crippen molar-refractivity contribution < 1.29 is 0 Å². The molecule has 12 heavy (non-hydrogen) atoms. The summed E-state index contributed by atoms with van der Waals surface area (Å²) in [7, 11) is 0. The van der Waals surface area contributed by atoms with Crippen LogP contribution in [-0.2, 0) is 0 Å². The minimum atomic E-state index is 0.916. The third kappa shape index (κ3) is 3.94. The normalized spacial score (nSPS) is 21.4. The lowest BCUT2D eigenvalue weighted by Crippen LogP contribution is -1.92. The number of rotatable bonds is 3. The van der Waals surface area contributed by atoms with Crippen molar-refractivity contribution in [2.45, 2.75) is 58.3 Å².